The number of halogens is 1. The first-order valence-corrected chi connectivity index (χ1v) is 11.0. The summed E-state index contributed by atoms with van der Waals surface area (Å²) in [5.41, 5.74) is 0.388. The fourth-order valence-corrected chi connectivity index (χ4v) is 4.53. The van der Waals surface area contributed by atoms with E-state index >= 15 is 0 Å². The van der Waals surface area contributed by atoms with Crippen LogP contribution in [0.4, 0.5) is 38.0 Å². The van der Waals surface area contributed by atoms with Crippen LogP contribution in [0.15, 0.2) is 54.7 Å². The van der Waals surface area contributed by atoms with E-state index in [1.807, 2.05) is 4.90 Å². The van der Waals surface area contributed by atoms with Crippen LogP contribution in [0.5, 0.6) is 0 Å². The van der Waals surface area contributed by atoms with Crippen molar-refractivity contribution in [2.75, 3.05) is 28.6 Å². The van der Waals surface area contributed by atoms with Crippen molar-refractivity contribution in [1.82, 2.24) is 14.9 Å². The Kier molecular flexibility index (Phi) is 5.80. The van der Waals surface area contributed by atoms with Gasteiger partial charge in [-0.25, -0.2) is 19.2 Å². The number of hydrogen-bond donors (Lipinski definition) is 3. The third-order valence-corrected chi connectivity index (χ3v) is 6.21. The van der Waals surface area contributed by atoms with Crippen molar-refractivity contribution in [1.29, 1.82) is 0 Å². The second kappa shape index (κ2) is 9.09. The molecule has 2 amide bonds. The van der Waals surface area contributed by atoms with Gasteiger partial charge in [-0.2, -0.15) is 0 Å². The number of pyridine rings is 2. The van der Waals surface area contributed by atoms with Gasteiger partial charge in [0.25, 0.3) is 5.91 Å². The van der Waals surface area contributed by atoms with Crippen LogP contribution >= 0.6 is 0 Å². The zero-order valence-electron chi connectivity index (χ0n) is 18.7. The summed E-state index contributed by atoms with van der Waals surface area (Å²) in [5, 5.41) is 26.5. The third kappa shape index (κ3) is 4.45. The quantitative estimate of drug-likeness (QED) is 0.346. The largest absolute Gasteiger partial charge is 0.465 e. The van der Waals surface area contributed by atoms with Gasteiger partial charge < -0.3 is 25.5 Å². The summed E-state index contributed by atoms with van der Waals surface area (Å²) < 4.78 is 13.1. The van der Waals surface area contributed by atoms with E-state index in [1.54, 1.807) is 12.1 Å². The van der Waals surface area contributed by atoms with Crippen LogP contribution in [0.3, 0.4) is 0 Å². The van der Waals surface area contributed by atoms with E-state index in [1.165, 1.54) is 47.5 Å². The molecule has 2 aliphatic heterocycles. The molecule has 2 aromatic heterocycles. The standard InChI is InChI=1S/C23H20FN7O5/c24-14-3-1-13(2-4-14)22(32)27-19-9-15(7-8-25-19)26-21-18(31(35)36)5-6-20(28-21)29-11-17-10-16(29)12-30(17)23(33)34/h1-9,16-17H,10-12H2,(H,33,34)(H2,25,26,27,28,32)/t16-,17-/m0/s1. The van der Waals surface area contributed by atoms with Crippen molar-refractivity contribution in [2.45, 2.75) is 18.5 Å². The van der Waals surface area contributed by atoms with Crippen molar-refractivity contribution in [3.05, 3.63) is 76.2 Å². The van der Waals surface area contributed by atoms with Crippen molar-refractivity contribution < 1.29 is 24.0 Å². The molecule has 36 heavy (non-hydrogen) atoms. The summed E-state index contributed by atoms with van der Waals surface area (Å²) in [6, 6.07) is 10.8. The molecule has 1 aromatic carbocycles. The van der Waals surface area contributed by atoms with Crippen LogP contribution in [0.2, 0.25) is 0 Å². The minimum Gasteiger partial charge on any atom is -0.465 e. The van der Waals surface area contributed by atoms with E-state index in [2.05, 4.69) is 20.6 Å². The van der Waals surface area contributed by atoms with Gasteiger partial charge in [0, 0.05) is 42.7 Å². The number of likely N-dealkylation sites (tertiary alicyclic amines) is 1. The van der Waals surface area contributed by atoms with Gasteiger partial charge >= 0.3 is 11.8 Å². The summed E-state index contributed by atoms with van der Waals surface area (Å²) >= 11 is 0. The van der Waals surface area contributed by atoms with Crippen LogP contribution in [-0.2, 0) is 0 Å². The summed E-state index contributed by atoms with van der Waals surface area (Å²) in [6.45, 7) is 0.805. The highest BCUT2D eigenvalue weighted by Crippen LogP contribution is 2.36. The molecule has 2 fully saturated rings. The van der Waals surface area contributed by atoms with Gasteiger partial charge in [0.05, 0.1) is 17.0 Å². The highest BCUT2D eigenvalue weighted by Gasteiger charge is 2.46. The lowest BCUT2D eigenvalue weighted by Gasteiger charge is -2.33. The summed E-state index contributed by atoms with van der Waals surface area (Å²) in [6.07, 6.45) is 1.13. The summed E-state index contributed by atoms with van der Waals surface area (Å²) in [5.74, 6) is -0.283. The molecule has 0 saturated carbocycles. The molecule has 2 atom stereocenters. The first-order chi connectivity index (χ1) is 17.3. The number of hydrogen-bond acceptors (Lipinski definition) is 8. The van der Waals surface area contributed by atoms with Gasteiger partial charge in [-0.15, -0.1) is 0 Å². The van der Waals surface area contributed by atoms with E-state index in [0.717, 1.165) is 0 Å². The molecule has 4 heterocycles. The number of nitro groups is 1. The number of rotatable bonds is 6. The van der Waals surface area contributed by atoms with Crippen LogP contribution < -0.4 is 15.5 Å². The van der Waals surface area contributed by atoms with Crippen LogP contribution in [0, 0.1) is 15.9 Å². The monoisotopic (exact) mass is 493 g/mol. The van der Waals surface area contributed by atoms with E-state index < -0.39 is 22.7 Å². The minimum absolute atomic E-state index is 0.00243. The Morgan fingerprint density at radius 2 is 1.89 bits per heavy atom. The fraction of sp³-hybridized carbons (Fsp3) is 0.217. The average Bonchev–Trinajstić information content (AvgIpc) is 3.46. The number of fused-ring (bicyclic) bond motifs is 2. The normalized spacial score (nSPS) is 18.2. The van der Waals surface area contributed by atoms with Crippen molar-refractivity contribution in [2.24, 2.45) is 0 Å². The highest BCUT2D eigenvalue weighted by atomic mass is 19.1. The Balaban J connectivity index is 1.35. The molecule has 12 nitrogen and oxygen atoms in total. The van der Waals surface area contributed by atoms with E-state index in [0.29, 0.717) is 31.0 Å². The highest BCUT2D eigenvalue weighted by molar-refractivity contribution is 6.03. The maximum Gasteiger partial charge on any atom is 0.407 e. The van der Waals surface area contributed by atoms with E-state index in [-0.39, 0.29) is 35.0 Å². The molecule has 0 unspecified atom stereocenters. The second-order valence-corrected chi connectivity index (χ2v) is 8.44. The maximum atomic E-state index is 13.1. The molecule has 2 bridgehead atoms. The predicted octanol–water partition coefficient (Wildman–Crippen LogP) is 3.46. The topological polar surface area (TPSA) is 154 Å². The lowest BCUT2D eigenvalue weighted by Crippen LogP contribution is -2.48. The van der Waals surface area contributed by atoms with Gasteiger partial charge in [0.2, 0.25) is 5.82 Å². The molecule has 5 rings (SSSR count). The summed E-state index contributed by atoms with van der Waals surface area (Å²) in [4.78, 5) is 46.8. The number of carboxylic acid groups (broad SMARTS) is 1. The number of benzene rings is 1. The molecule has 2 saturated heterocycles. The molecular formula is C23H20FN7O5. The Labute approximate surface area is 203 Å². The van der Waals surface area contributed by atoms with Crippen molar-refractivity contribution in [3.8, 4) is 0 Å². The second-order valence-electron chi connectivity index (χ2n) is 8.44. The number of carbonyl (C=O) groups is 2. The lowest BCUT2D eigenvalue weighted by atomic mass is 10.2. The molecule has 2 aliphatic rings. The Morgan fingerprint density at radius 3 is 2.56 bits per heavy atom. The number of amides is 2. The number of aromatic nitrogens is 2. The van der Waals surface area contributed by atoms with Gasteiger partial charge in [-0.1, -0.05) is 0 Å². The first-order valence-electron chi connectivity index (χ1n) is 11.0. The number of anilines is 4. The first kappa shape index (κ1) is 23.0. The van der Waals surface area contributed by atoms with Gasteiger partial charge in [0.1, 0.15) is 17.5 Å². The number of nitrogens with one attached hydrogen (secondary N) is 2. The average molecular weight is 493 g/mol. The molecule has 0 radical (unpaired) electrons. The van der Waals surface area contributed by atoms with E-state index in [9.17, 15) is 29.2 Å². The molecule has 0 aliphatic carbocycles. The van der Waals surface area contributed by atoms with Gasteiger partial charge in [-0.05, 0) is 42.8 Å². The Morgan fingerprint density at radius 1 is 1.11 bits per heavy atom. The number of nitrogens with zero attached hydrogens (tertiary/aromatic N) is 5. The predicted molar refractivity (Wildman–Crippen MR) is 127 cm³/mol. The molecular weight excluding hydrogens is 473 g/mol. The SMILES string of the molecule is O=C(Nc1cc(Nc2nc(N3C[C@@H]4C[C@H]3CN4C(=O)O)ccc2[N+](=O)[O-])ccn1)c1ccc(F)cc1. The lowest BCUT2D eigenvalue weighted by molar-refractivity contribution is -0.384. The maximum absolute atomic E-state index is 13.1. The van der Waals surface area contributed by atoms with Crippen molar-refractivity contribution in [3.63, 3.8) is 0 Å². The fourth-order valence-electron chi connectivity index (χ4n) is 4.53. The molecule has 13 heteroatoms. The molecule has 0 spiro atoms. The zero-order chi connectivity index (χ0) is 25.4. The van der Waals surface area contributed by atoms with Crippen LogP contribution in [0.1, 0.15) is 16.8 Å². The summed E-state index contributed by atoms with van der Waals surface area (Å²) in [7, 11) is 0. The van der Waals surface area contributed by atoms with Crippen LogP contribution in [-0.4, -0.2) is 62.1 Å². The van der Waals surface area contributed by atoms with Crippen molar-refractivity contribution >= 4 is 40.8 Å². The molecule has 3 aromatic rings. The smallest absolute Gasteiger partial charge is 0.407 e. The number of piperazine rings is 1. The van der Waals surface area contributed by atoms with Crippen LogP contribution in [0.25, 0.3) is 0 Å². The molecule has 3 N–H and O–H groups in total. The van der Waals surface area contributed by atoms with Gasteiger partial charge in [-0.3, -0.25) is 14.9 Å². The minimum atomic E-state index is -0.957. The molecule has 184 valence electrons. The van der Waals surface area contributed by atoms with E-state index in [4.69, 9.17) is 0 Å². The third-order valence-electron chi connectivity index (χ3n) is 6.21. The number of carbonyl (C=O) groups excluding carboxylic acids is 1. The Bertz CT molecular complexity index is 1350. The zero-order valence-corrected chi connectivity index (χ0v) is 18.7. The van der Waals surface area contributed by atoms with Gasteiger partial charge in [0.15, 0.2) is 0 Å². The Hall–Kier alpha value is -4.81.